The maximum atomic E-state index is 14.1. The Morgan fingerprint density at radius 1 is 1.12 bits per heavy atom. The molecule has 180 valence electrons. The minimum absolute atomic E-state index is 0.0261. The molecule has 3 aromatic rings. The minimum Gasteiger partial charge on any atom is -0.337 e. The monoisotopic (exact) mass is 466 g/mol. The van der Waals surface area contributed by atoms with Crippen molar-refractivity contribution in [1.82, 2.24) is 19.6 Å². The molecule has 2 heterocycles. The van der Waals surface area contributed by atoms with Crippen molar-refractivity contribution < 1.29 is 13.6 Å². The summed E-state index contributed by atoms with van der Waals surface area (Å²) in [5.74, 6) is -1.30. The van der Waals surface area contributed by atoms with Crippen LogP contribution in [0.3, 0.4) is 0 Å². The fourth-order valence-corrected chi connectivity index (χ4v) is 5.02. The van der Waals surface area contributed by atoms with Crippen molar-refractivity contribution in [2.24, 2.45) is 13.0 Å². The summed E-state index contributed by atoms with van der Waals surface area (Å²) in [5, 5.41) is 4.34. The Balaban J connectivity index is 1.49. The number of nitrogens with zero attached hydrogens (tertiary/aromatic N) is 4. The molecule has 34 heavy (non-hydrogen) atoms. The molecular formula is C27H32F2N4O. The zero-order valence-electron chi connectivity index (χ0n) is 20.0. The zero-order chi connectivity index (χ0) is 24.2. The highest BCUT2D eigenvalue weighted by Gasteiger charge is 2.33. The van der Waals surface area contributed by atoms with Crippen LogP contribution in [0.15, 0.2) is 54.6 Å². The van der Waals surface area contributed by atoms with Crippen LogP contribution in [0.25, 0.3) is 0 Å². The summed E-state index contributed by atoms with van der Waals surface area (Å²) in [4.78, 5) is 17.4. The number of likely N-dealkylation sites (tertiary alicyclic amines) is 1. The van der Waals surface area contributed by atoms with Crippen LogP contribution < -0.4 is 0 Å². The Morgan fingerprint density at radius 2 is 1.82 bits per heavy atom. The second kappa shape index (κ2) is 10.5. The van der Waals surface area contributed by atoms with E-state index in [1.807, 2.05) is 43.1 Å². The van der Waals surface area contributed by atoms with Gasteiger partial charge in [-0.2, -0.15) is 5.10 Å². The number of hydrogen-bond donors (Lipinski definition) is 0. The Labute approximate surface area is 200 Å². The van der Waals surface area contributed by atoms with E-state index in [1.54, 1.807) is 23.9 Å². The van der Waals surface area contributed by atoms with Crippen LogP contribution in [-0.2, 0) is 20.0 Å². The van der Waals surface area contributed by atoms with Gasteiger partial charge in [0, 0.05) is 32.2 Å². The van der Waals surface area contributed by atoms with Crippen LogP contribution in [0.4, 0.5) is 8.78 Å². The van der Waals surface area contributed by atoms with Crippen LogP contribution in [-0.4, -0.2) is 51.7 Å². The van der Waals surface area contributed by atoms with Gasteiger partial charge >= 0.3 is 0 Å². The van der Waals surface area contributed by atoms with Gasteiger partial charge in [-0.15, -0.1) is 0 Å². The molecule has 0 spiro atoms. The highest BCUT2D eigenvalue weighted by Crippen LogP contribution is 2.28. The number of carbonyl (C=O) groups excluding carboxylic acids is 1. The third-order valence-corrected chi connectivity index (χ3v) is 6.93. The first-order valence-electron chi connectivity index (χ1n) is 11.8. The van der Waals surface area contributed by atoms with E-state index in [9.17, 15) is 13.6 Å². The fourth-order valence-electron chi connectivity index (χ4n) is 5.02. The van der Waals surface area contributed by atoms with Crippen LogP contribution in [0.2, 0.25) is 0 Å². The molecule has 0 bridgehead atoms. The van der Waals surface area contributed by atoms with Crippen molar-refractivity contribution in [3.8, 4) is 0 Å². The Hall–Kier alpha value is -3.06. The topological polar surface area (TPSA) is 41.4 Å². The lowest BCUT2D eigenvalue weighted by atomic mass is 9.84. The average Bonchev–Trinajstić information content (AvgIpc) is 3.18. The number of halogens is 2. The molecule has 4 rings (SSSR count). The molecular weight excluding hydrogens is 434 g/mol. The SMILES string of the molecule is Cc1cc(C(=O)N(C)[C@H](Cc2ccccc2)C2CCN(Cc3cccc(F)c3F)CC2)n(C)n1. The molecule has 0 radical (unpaired) electrons. The molecule has 1 atom stereocenters. The third-order valence-electron chi connectivity index (χ3n) is 6.93. The van der Waals surface area contributed by atoms with Crippen molar-refractivity contribution in [1.29, 1.82) is 0 Å². The third kappa shape index (κ3) is 5.36. The maximum Gasteiger partial charge on any atom is 0.272 e. The lowest BCUT2D eigenvalue weighted by Crippen LogP contribution is -2.47. The molecule has 1 saturated heterocycles. The van der Waals surface area contributed by atoms with Gasteiger partial charge in [-0.05, 0) is 62.9 Å². The Bertz CT molecular complexity index is 1120. The van der Waals surface area contributed by atoms with Gasteiger partial charge in [0.1, 0.15) is 5.69 Å². The average molecular weight is 467 g/mol. The molecule has 0 saturated carbocycles. The highest BCUT2D eigenvalue weighted by atomic mass is 19.2. The van der Waals surface area contributed by atoms with Gasteiger partial charge in [0.05, 0.1) is 5.69 Å². The van der Waals surface area contributed by atoms with E-state index >= 15 is 0 Å². The standard InChI is InChI=1S/C27H32F2N4O/c1-19-16-25(32(3)30-19)27(34)31(2)24(17-20-8-5-4-6-9-20)21-12-14-33(15-13-21)18-22-10-7-11-23(28)26(22)29/h4-11,16,21,24H,12-15,17-18H2,1-3H3/t24-/m1/s1. The minimum atomic E-state index is -0.805. The first kappa shape index (κ1) is 24.1. The summed E-state index contributed by atoms with van der Waals surface area (Å²) < 4.78 is 29.4. The van der Waals surface area contributed by atoms with Gasteiger partial charge in [-0.3, -0.25) is 14.4 Å². The molecule has 1 aliphatic heterocycles. The number of hydrogen-bond acceptors (Lipinski definition) is 3. The Morgan fingerprint density at radius 3 is 2.47 bits per heavy atom. The molecule has 0 aliphatic carbocycles. The molecule has 1 amide bonds. The van der Waals surface area contributed by atoms with Gasteiger partial charge in [0.15, 0.2) is 11.6 Å². The smallest absolute Gasteiger partial charge is 0.272 e. The van der Waals surface area contributed by atoms with E-state index in [0.717, 1.165) is 44.1 Å². The van der Waals surface area contributed by atoms with E-state index in [0.29, 0.717) is 23.7 Å². The highest BCUT2D eigenvalue weighted by molar-refractivity contribution is 5.92. The summed E-state index contributed by atoms with van der Waals surface area (Å²) in [5.41, 5.74) is 2.98. The molecule has 0 N–H and O–H groups in total. The van der Waals surface area contributed by atoms with Gasteiger partial charge in [-0.25, -0.2) is 8.78 Å². The molecule has 0 unspecified atom stereocenters. The van der Waals surface area contributed by atoms with E-state index < -0.39 is 11.6 Å². The number of amides is 1. The normalized spacial score (nSPS) is 15.9. The lowest BCUT2D eigenvalue weighted by molar-refractivity contribution is 0.0574. The van der Waals surface area contributed by atoms with Crippen molar-refractivity contribution in [2.75, 3.05) is 20.1 Å². The molecule has 7 heteroatoms. The summed E-state index contributed by atoms with van der Waals surface area (Å²) in [6.07, 6.45) is 2.54. The molecule has 1 aliphatic rings. The molecule has 1 aromatic heterocycles. The van der Waals surface area contributed by atoms with Gasteiger partial charge in [-0.1, -0.05) is 42.5 Å². The lowest BCUT2D eigenvalue weighted by Gasteiger charge is -2.40. The Kier molecular flexibility index (Phi) is 7.41. The molecule has 2 aromatic carbocycles. The molecule has 5 nitrogen and oxygen atoms in total. The summed E-state index contributed by atoms with van der Waals surface area (Å²) in [7, 11) is 3.68. The van der Waals surface area contributed by atoms with E-state index in [1.165, 1.54) is 5.56 Å². The zero-order valence-corrected chi connectivity index (χ0v) is 20.0. The predicted octanol–water partition coefficient (Wildman–Crippen LogP) is 4.60. The first-order valence-corrected chi connectivity index (χ1v) is 11.8. The van der Waals surface area contributed by atoms with Crippen molar-refractivity contribution in [2.45, 2.75) is 38.8 Å². The van der Waals surface area contributed by atoms with Gasteiger partial charge < -0.3 is 4.90 Å². The van der Waals surface area contributed by atoms with Gasteiger partial charge in [0.25, 0.3) is 5.91 Å². The number of aryl methyl sites for hydroxylation is 2. The second-order valence-electron chi connectivity index (χ2n) is 9.29. The quantitative estimate of drug-likeness (QED) is 0.511. The number of benzene rings is 2. The number of likely N-dealkylation sites (N-methyl/N-ethyl adjacent to an activating group) is 1. The number of carbonyl (C=O) groups is 1. The van der Waals surface area contributed by atoms with Crippen LogP contribution in [0, 0.1) is 24.5 Å². The van der Waals surface area contributed by atoms with E-state index in [-0.39, 0.29) is 11.9 Å². The first-order chi connectivity index (χ1) is 16.3. The summed E-state index contributed by atoms with van der Waals surface area (Å²) >= 11 is 0. The number of rotatable bonds is 7. The van der Waals surface area contributed by atoms with Crippen molar-refractivity contribution in [3.63, 3.8) is 0 Å². The van der Waals surface area contributed by atoms with E-state index in [2.05, 4.69) is 22.1 Å². The summed E-state index contributed by atoms with van der Waals surface area (Å²) in [6, 6.07) is 16.4. The van der Waals surface area contributed by atoms with Crippen LogP contribution >= 0.6 is 0 Å². The predicted molar refractivity (Wildman–Crippen MR) is 128 cm³/mol. The molecule has 1 fully saturated rings. The van der Waals surface area contributed by atoms with Crippen LogP contribution in [0.5, 0.6) is 0 Å². The number of piperidine rings is 1. The largest absolute Gasteiger partial charge is 0.337 e. The second-order valence-corrected chi connectivity index (χ2v) is 9.29. The summed E-state index contributed by atoms with van der Waals surface area (Å²) in [6.45, 7) is 3.83. The fraction of sp³-hybridized carbons (Fsp3) is 0.407. The van der Waals surface area contributed by atoms with Gasteiger partial charge in [0.2, 0.25) is 0 Å². The van der Waals surface area contributed by atoms with Crippen molar-refractivity contribution in [3.05, 3.63) is 88.7 Å². The van der Waals surface area contributed by atoms with Crippen molar-refractivity contribution >= 4 is 5.91 Å². The maximum absolute atomic E-state index is 14.1. The number of aromatic nitrogens is 2. The van der Waals surface area contributed by atoms with Crippen LogP contribution in [0.1, 0.15) is 40.2 Å². The van der Waals surface area contributed by atoms with E-state index in [4.69, 9.17) is 0 Å².